The van der Waals surface area contributed by atoms with Crippen molar-refractivity contribution in [3.63, 3.8) is 0 Å². The molecule has 0 heterocycles. The van der Waals surface area contributed by atoms with Crippen LogP contribution in [0, 0.1) is 23.8 Å². The molecule has 0 fully saturated rings. The Bertz CT molecular complexity index is 1790. The Morgan fingerprint density at radius 2 is 0.898 bits per heavy atom. The summed E-state index contributed by atoms with van der Waals surface area (Å²) in [5.74, 6) is -2.94. The molecule has 0 aromatic heterocycles. The predicted molar refractivity (Wildman–Crippen MR) is 185 cm³/mol. The van der Waals surface area contributed by atoms with Crippen LogP contribution in [0.4, 0.5) is 8.78 Å². The van der Waals surface area contributed by atoms with Crippen LogP contribution in [0.25, 0.3) is 22.3 Å². The Kier molecular flexibility index (Phi) is 13.6. The first-order valence-corrected chi connectivity index (χ1v) is 16.2. The summed E-state index contributed by atoms with van der Waals surface area (Å²) < 4.78 is 26.3. The molecule has 0 bridgehead atoms. The van der Waals surface area contributed by atoms with Crippen LogP contribution in [0.3, 0.4) is 0 Å². The number of hydrogen-bond acceptors (Lipinski definition) is 2. The maximum absolute atomic E-state index is 12.2. The van der Waals surface area contributed by atoms with Gasteiger partial charge in [-0.2, -0.15) is 59.7 Å². The van der Waals surface area contributed by atoms with E-state index in [1.807, 2.05) is 43.3 Å². The number of benzene rings is 6. The molecule has 8 rings (SSSR count). The second kappa shape index (κ2) is 18.3. The van der Waals surface area contributed by atoms with E-state index in [2.05, 4.69) is 84.9 Å². The van der Waals surface area contributed by atoms with Crippen molar-refractivity contribution in [2.45, 2.75) is 19.8 Å². The van der Waals surface area contributed by atoms with Crippen LogP contribution in [0.2, 0.25) is 0 Å². The predicted octanol–water partition coefficient (Wildman–Crippen LogP) is 9.52. The van der Waals surface area contributed by atoms with E-state index in [1.165, 1.54) is 68.8 Å². The number of carboxylic acids is 2. The minimum atomic E-state index is -1.04. The molecule has 0 atom stereocenters. The van der Waals surface area contributed by atoms with Gasteiger partial charge in [0, 0.05) is 0 Å². The van der Waals surface area contributed by atoms with Crippen LogP contribution in [0.5, 0.6) is 0 Å². The van der Waals surface area contributed by atoms with Gasteiger partial charge >= 0.3 is 43.1 Å². The summed E-state index contributed by atoms with van der Waals surface area (Å²) in [7, 11) is 0. The van der Waals surface area contributed by atoms with Crippen molar-refractivity contribution in [3.8, 4) is 22.3 Å². The van der Waals surface area contributed by atoms with Gasteiger partial charge in [0.15, 0.2) is 0 Å². The number of carboxylic acid groups (broad SMARTS) is 2. The fourth-order valence-corrected chi connectivity index (χ4v) is 5.18. The molecule has 0 aliphatic heterocycles. The van der Waals surface area contributed by atoms with Crippen molar-refractivity contribution in [1.82, 2.24) is 0 Å². The van der Waals surface area contributed by atoms with E-state index in [0.29, 0.717) is 0 Å². The molecule has 0 radical (unpaired) electrons. The molecule has 0 amide bonds. The van der Waals surface area contributed by atoms with E-state index >= 15 is 0 Å². The molecule has 0 spiro atoms. The Morgan fingerprint density at radius 3 is 1.24 bits per heavy atom. The standard InChI is InChI=1S/2C13H9.2C7H5FO2.C2H4.Ti/c2*1-3-7-12-10(5-1)9-11-6-2-4-8-13(11)12;2*8-6-3-1-5(2-4-6)7(9)10;1-2;/h2*1-5,7-8H,9H2;2*1-4H,(H,9,10);1H,2H3;/q2*-1;;;;+2. The quantitative estimate of drug-likeness (QED) is 0.140. The summed E-state index contributed by atoms with van der Waals surface area (Å²) in [6, 6.07) is 45.6. The van der Waals surface area contributed by atoms with Gasteiger partial charge < -0.3 is 10.2 Å². The summed E-state index contributed by atoms with van der Waals surface area (Å²) in [6.07, 6.45) is 2.10. The van der Waals surface area contributed by atoms with Crippen molar-refractivity contribution in [1.29, 1.82) is 0 Å². The molecule has 7 heteroatoms. The van der Waals surface area contributed by atoms with Crippen LogP contribution in [0.1, 0.15) is 49.9 Å². The molecule has 2 aliphatic rings. The zero-order valence-electron chi connectivity index (χ0n) is 26.7. The molecule has 6 aromatic carbocycles. The fourth-order valence-electron chi connectivity index (χ4n) is 5.18. The molecule has 49 heavy (non-hydrogen) atoms. The Morgan fingerprint density at radius 1 is 0.571 bits per heavy atom. The molecule has 6 aromatic rings. The van der Waals surface area contributed by atoms with Gasteiger partial charge in [0.1, 0.15) is 11.6 Å². The van der Waals surface area contributed by atoms with Gasteiger partial charge in [-0.15, -0.1) is 11.1 Å². The largest absolute Gasteiger partial charge is 0.478 e. The molecule has 2 N–H and O–H groups in total. The third kappa shape index (κ3) is 10.3. The average Bonchev–Trinajstić information content (AvgIpc) is 3.69. The smallest absolute Gasteiger partial charge is 0.335 e. The first kappa shape index (κ1) is 36.5. The Hall–Kier alpha value is -5.30. The molecular formula is C42H32F2O4Ti. The minimum Gasteiger partial charge on any atom is -0.478 e. The number of hydrogen-bond donors (Lipinski definition) is 2. The van der Waals surface area contributed by atoms with Gasteiger partial charge in [-0.05, 0) is 61.4 Å². The molecule has 0 unspecified atom stereocenters. The first-order valence-electron chi connectivity index (χ1n) is 15.3. The average molecular weight is 687 g/mol. The Labute approximate surface area is 296 Å². The van der Waals surface area contributed by atoms with Crippen molar-refractivity contribution in [2.75, 3.05) is 0 Å². The SMILES string of the molecule is C[CH]=[Ti+2].O=C(O)c1ccc(F)cc1.O=C(O)c1ccc(F)cc1.[c-]1cccc2c1Cc1ccccc1-2.[c-]1cccc2c1Cc1ccccc1-2. The number of fused-ring (bicyclic) bond motifs is 6. The van der Waals surface area contributed by atoms with Gasteiger partial charge in [0.25, 0.3) is 0 Å². The minimum absolute atomic E-state index is 0.0985. The van der Waals surface area contributed by atoms with E-state index in [0.717, 1.165) is 37.1 Å². The van der Waals surface area contributed by atoms with Crippen molar-refractivity contribution < 1.29 is 48.6 Å². The number of carbonyl (C=O) groups is 2. The van der Waals surface area contributed by atoms with E-state index in [4.69, 9.17) is 10.2 Å². The maximum atomic E-state index is 12.2. The molecule has 4 nitrogen and oxygen atoms in total. The third-order valence-electron chi connectivity index (χ3n) is 7.42. The summed E-state index contributed by atoms with van der Waals surface area (Å²) in [6.45, 7) is 2.00. The van der Waals surface area contributed by atoms with Gasteiger partial charge in [0.2, 0.25) is 0 Å². The molecular weight excluding hydrogens is 654 g/mol. The van der Waals surface area contributed by atoms with Crippen LogP contribution in [-0.4, -0.2) is 26.5 Å². The summed E-state index contributed by atoms with van der Waals surface area (Å²) in [5.41, 5.74) is 11.2. The van der Waals surface area contributed by atoms with Crippen LogP contribution in [0.15, 0.2) is 133 Å². The third-order valence-corrected chi connectivity index (χ3v) is 7.42. The zero-order chi connectivity index (χ0) is 35.2. The van der Waals surface area contributed by atoms with Crippen LogP contribution < -0.4 is 0 Å². The van der Waals surface area contributed by atoms with Crippen LogP contribution >= 0.6 is 0 Å². The van der Waals surface area contributed by atoms with E-state index in [9.17, 15) is 18.4 Å². The van der Waals surface area contributed by atoms with E-state index in [1.54, 1.807) is 0 Å². The van der Waals surface area contributed by atoms with E-state index < -0.39 is 23.6 Å². The number of rotatable bonds is 2. The van der Waals surface area contributed by atoms with Gasteiger partial charge in [-0.1, -0.05) is 70.8 Å². The Balaban J connectivity index is 0.000000145. The molecule has 2 aliphatic carbocycles. The number of aromatic carboxylic acids is 2. The number of halogens is 2. The topological polar surface area (TPSA) is 74.6 Å². The van der Waals surface area contributed by atoms with E-state index in [-0.39, 0.29) is 11.1 Å². The molecule has 242 valence electrons. The molecule has 0 saturated carbocycles. The monoisotopic (exact) mass is 686 g/mol. The zero-order valence-corrected chi connectivity index (χ0v) is 28.2. The van der Waals surface area contributed by atoms with Crippen molar-refractivity contribution in [3.05, 3.63) is 191 Å². The van der Waals surface area contributed by atoms with Gasteiger partial charge in [-0.25, -0.2) is 18.4 Å². The normalized spacial score (nSPS) is 10.6. The van der Waals surface area contributed by atoms with Crippen molar-refractivity contribution >= 4 is 16.3 Å². The summed E-state index contributed by atoms with van der Waals surface area (Å²) in [4.78, 5) is 20.4. The van der Waals surface area contributed by atoms with Crippen LogP contribution in [-0.2, 0) is 32.8 Å². The summed E-state index contributed by atoms with van der Waals surface area (Å²) in [5, 5.41) is 16.7. The van der Waals surface area contributed by atoms with Gasteiger partial charge in [0.05, 0.1) is 11.1 Å². The first-order chi connectivity index (χ1) is 23.7. The molecule has 0 saturated heterocycles. The van der Waals surface area contributed by atoms with Crippen molar-refractivity contribution in [2.24, 2.45) is 0 Å². The summed E-state index contributed by atoms with van der Waals surface area (Å²) >= 11 is 2.00. The fraction of sp³-hybridized carbons (Fsp3) is 0.0714. The second-order valence-electron chi connectivity index (χ2n) is 10.7. The van der Waals surface area contributed by atoms with Gasteiger partial charge in [-0.3, -0.25) is 0 Å². The maximum Gasteiger partial charge on any atom is 0.335 e. The second-order valence-corrected chi connectivity index (χ2v) is 11.6.